The summed E-state index contributed by atoms with van der Waals surface area (Å²) in [6.07, 6.45) is 0. The Morgan fingerprint density at radius 3 is 1.80 bits per heavy atom. The molecule has 1 N–H and O–H groups in total. The van der Waals surface area contributed by atoms with Crippen LogP contribution in [0.15, 0.2) is 60.7 Å². The largest absolute Gasteiger partial charge is 0.493 e. The summed E-state index contributed by atoms with van der Waals surface area (Å²) in [5, 5.41) is 2.90. The van der Waals surface area contributed by atoms with Gasteiger partial charge in [-0.1, -0.05) is 12.1 Å². The Hall–Kier alpha value is -4.37. The summed E-state index contributed by atoms with van der Waals surface area (Å²) in [6.45, 7) is 9.85. The molecule has 0 aliphatic heterocycles. The second kappa shape index (κ2) is 14.3. The lowest BCUT2D eigenvalue weighted by Gasteiger charge is -2.30. The Kier molecular flexibility index (Phi) is 10.9. The van der Waals surface area contributed by atoms with Crippen LogP contribution >= 0.6 is 0 Å². The van der Waals surface area contributed by atoms with Gasteiger partial charge in [-0.05, 0) is 81.3 Å². The van der Waals surface area contributed by atoms with Crippen molar-refractivity contribution in [3.8, 4) is 22.6 Å². The number of anilines is 1. The van der Waals surface area contributed by atoms with Gasteiger partial charge in [-0.25, -0.2) is 9.59 Å². The van der Waals surface area contributed by atoms with Gasteiger partial charge < -0.3 is 24.3 Å². The van der Waals surface area contributed by atoms with Crippen LogP contribution in [0.2, 0.25) is 0 Å². The zero-order chi connectivity index (χ0) is 30.1. The quantitative estimate of drug-likeness (QED) is 0.281. The number of carbonyl (C=O) groups is 3. The number of methoxy groups -OCH3 is 3. The van der Waals surface area contributed by atoms with Crippen LogP contribution in [0.25, 0.3) is 11.1 Å². The Balaban J connectivity index is 1.76. The predicted molar refractivity (Wildman–Crippen MR) is 158 cm³/mol. The summed E-state index contributed by atoms with van der Waals surface area (Å²) in [7, 11) is 4.11. The molecule has 0 saturated heterocycles. The first-order chi connectivity index (χ1) is 19.6. The molecule has 0 aromatic heterocycles. The highest BCUT2D eigenvalue weighted by atomic mass is 16.5. The molecule has 0 aliphatic rings. The van der Waals surface area contributed by atoms with E-state index in [-0.39, 0.29) is 17.0 Å². The van der Waals surface area contributed by atoms with E-state index < -0.39 is 11.9 Å². The summed E-state index contributed by atoms with van der Waals surface area (Å²) < 4.78 is 21.1. The number of esters is 2. The van der Waals surface area contributed by atoms with Crippen molar-refractivity contribution in [2.75, 3.05) is 39.8 Å². The molecule has 0 radical (unpaired) electrons. The first kappa shape index (κ1) is 31.2. The molecule has 41 heavy (non-hydrogen) atoms. The van der Waals surface area contributed by atoms with E-state index in [1.54, 1.807) is 61.7 Å². The van der Waals surface area contributed by atoms with Crippen molar-refractivity contribution in [1.82, 2.24) is 4.90 Å². The van der Waals surface area contributed by atoms with E-state index >= 15 is 0 Å². The highest BCUT2D eigenvalue weighted by molar-refractivity contribution is 6.04. The van der Waals surface area contributed by atoms with Crippen LogP contribution in [0, 0.1) is 0 Å². The zero-order valence-electron chi connectivity index (χ0n) is 24.6. The molecule has 0 bridgehead atoms. The highest BCUT2D eigenvalue weighted by Gasteiger charge is 2.17. The number of hydrogen-bond donors (Lipinski definition) is 1. The lowest BCUT2D eigenvalue weighted by molar-refractivity contribution is 0.0599. The summed E-state index contributed by atoms with van der Waals surface area (Å²) in [4.78, 5) is 39.6. The minimum Gasteiger partial charge on any atom is -0.493 e. The van der Waals surface area contributed by atoms with E-state index in [9.17, 15) is 14.4 Å². The molecule has 9 heteroatoms. The molecular weight excluding hydrogens is 524 g/mol. The molecule has 0 unspecified atom stereocenters. The van der Waals surface area contributed by atoms with Crippen molar-refractivity contribution in [2.45, 2.75) is 39.8 Å². The van der Waals surface area contributed by atoms with Crippen LogP contribution in [0.1, 0.15) is 58.8 Å². The number of nitrogens with one attached hydrogen (secondary N) is 1. The third-order valence-corrected chi connectivity index (χ3v) is 6.61. The Labute approximate surface area is 241 Å². The molecule has 218 valence electrons. The van der Waals surface area contributed by atoms with Gasteiger partial charge in [-0.3, -0.25) is 9.69 Å². The number of hydrogen-bond acceptors (Lipinski definition) is 8. The van der Waals surface area contributed by atoms with Gasteiger partial charge in [0.15, 0.2) is 11.5 Å². The fourth-order valence-corrected chi connectivity index (χ4v) is 4.52. The molecule has 0 aliphatic carbocycles. The van der Waals surface area contributed by atoms with E-state index in [1.807, 2.05) is 0 Å². The highest BCUT2D eigenvalue weighted by Crippen LogP contribution is 2.31. The van der Waals surface area contributed by atoms with E-state index in [0.29, 0.717) is 52.6 Å². The molecular formula is C32H38N2O7. The van der Waals surface area contributed by atoms with Crippen molar-refractivity contribution < 1.29 is 33.3 Å². The second-order valence-electron chi connectivity index (χ2n) is 9.95. The van der Waals surface area contributed by atoms with Crippen LogP contribution in [-0.4, -0.2) is 69.3 Å². The first-order valence-electron chi connectivity index (χ1n) is 13.4. The molecule has 0 heterocycles. The number of nitrogens with zero attached hydrogens (tertiary/aromatic N) is 1. The minimum absolute atomic E-state index is 0.214. The van der Waals surface area contributed by atoms with Crippen LogP contribution in [0.5, 0.6) is 11.5 Å². The zero-order valence-corrected chi connectivity index (χ0v) is 24.6. The van der Waals surface area contributed by atoms with Crippen molar-refractivity contribution in [3.05, 3.63) is 77.4 Å². The monoisotopic (exact) mass is 562 g/mol. The van der Waals surface area contributed by atoms with E-state index in [1.165, 1.54) is 20.3 Å². The van der Waals surface area contributed by atoms with Gasteiger partial charge in [0.05, 0.1) is 32.5 Å². The maximum Gasteiger partial charge on any atom is 0.337 e. The number of rotatable bonds is 12. The van der Waals surface area contributed by atoms with Crippen molar-refractivity contribution in [2.24, 2.45) is 0 Å². The van der Waals surface area contributed by atoms with Gasteiger partial charge in [0.25, 0.3) is 5.91 Å². The smallest absolute Gasteiger partial charge is 0.337 e. The molecule has 3 rings (SSSR count). The molecule has 1 amide bonds. The molecule has 0 saturated carbocycles. The fraction of sp³-hybridized carbons (Fsp3) is 0.344. The summed E-state index contributed by atoms with van der Waals surface area (Å²) in [5.41, 5.74) is 2.72. The lowest BCUT2D eigenvalue weighted by atomic mass is 9.98. The maximum atomic E-state index is 13.0. The average Bonchev–Trinajstić information content (AvgIpc) is 2.97. The first-order valence-corrected chi connectivity index (χ1v) is 13.4. The van der Waals surface area contributed by atoms with Gasteiger partial charge in [-0.2, -0.15) is 0 Å². The predicted octanol–water partition coefficient (Wildman–Crippen LogP) is 5.69. The molecule has 0 spiro atoms. The van der Waals surface area contributed by atoms with Gasteiger partial charge >= 0.3 is 11.9 Å². The average molecular weight is 563 g/mol. The Morgan fingerprint density at radius 2 is 1.29 bits per heavy atom. The molecule has 0 atom stereocenters. The Bertz CT molecular complexity index is 1320. The lowest BCUT2D eigenvalue weighted by Crippen LogP contribution is -2.39. The maximum absolute atomic E-state index is 13.0. The number of benzene rings is 3. The van der Waals surface area contributed by atoms with Gasteiger partial charge in [0.1, 0.15) is 6.61 Å². The minimum atomic E-state index is -0.576. The SMILES string of the molecule is COC(=O)c1cc(C(=O)OC)cc(-c2ccc(C(=O)Nc3ccc(OC)c(OCCN(C(C)C)C(C)C)c3)cc2)c1. The van der Waals surface area contributed by atoms with Crippen molar-refractivity contribution in [1.29, 1.82) is 0 Å². The van der Waals surface area contributed by atoms with E-state index in [0.717, 1.165) is 6.54 Å². The van der Waals surface area contributed by atoms with Crippen molar-refractivity contribution in [3.63, 3.8) is 0 Å². The normalized spacial score (nSPS) is 11.0. The summed E-state index contributed by atoms with van der Waals surface area (Å²) in [6, 6.07) is 17.5. The van der Waals surface area contributed by atoms with Crippen LogP contribution < -0.4 is 14.8 Å². The van der Waals surface area contributed by atoms with E-state index in [4.69, 9.17) is 18.9 Å². The molecule has 3 aromatic rings. The third-order valence-electron chi connectivity index (χ3n) is 6.61. The Morgan fingerprint density at radius 1 is 0.707 bits per heavy atom. The van der Waals surface area contributed by atoms with Crippen LogP contribution in [0.4, 0.5) is 5.69 Å². The number of carbonyl (C=O) groups excluding carboxylic acids is 3. The third kappa shape index (κ3) is 8.08. The van der Waals surface area contributed by atoms with Gasteiger partial charge in [0.2, 0.25) is 0 Å². The van der Waals surface area contributed by atoms with Gasteiger partial charge in [0, 0.05) is 35.9 Å². The second-order valence-corrected chi connectivity index (χ2v) is 9.95. The fourth-order valence-electron chi connectivity index (χ4n) is 4.52. The number of ether oxygens (including phenoxy) is 4. The number of amides is 1. The molecule has 3 aromatic carbocycles. The van der Waals surface area contributed by atoms with E-state index in [2.05, 4.69) is 37.9 Å². The summed E-state index contributed by atoms with van der Waals surface area (Å²) in [5.74, 6) is -0.341. The van der Waals surface area contributed by atoms with Crippen molar-refractivity contribution >= 4 is 23.5 Å². The standard InChI is InChI=1S/C32H38N2O7/c1-20(2)34(21(3)4)14-15-41-29-19-27(12-13-28(29)38-5)33-30(35)23-10-8-22(9-11-23)24-16-25(31(36)39-6)18-26(17-24)32(37)40-7/h8-13,16-21H,14-15H2,1-7H3,(H,33,35). The molecule has 0 fully saturated rings. The molecule has 9 nitrogen and oxygen atoms in total. The van der Waals surface area contributed by atoms with Crippen LogP contribution in [0.3, 0.4) is 0 Å². The summed E-state index contributed by atoms with van der Waals surface area (Å²) >= 11 is 0. The topological polar surface area (TPSA) is 103 Å². The van der Waals surface area contributed by atoms with Gasteiger partial charge in [-0.15, -0.1) is 0 Å². The van der Waals surface area contributed by atoms with Crippen LogP contribution in [-0.2, 0) is 9.47 Å².